The van der Waals surface area contributed by atoms with Crippen molar-refractivity contribution in [3.8, 4) is 0 Å². The molecule has 20 heavy (non-hydrogen) atoms. The lowest BCUT2D eigenvalue weighted by Gasteiger charge is -2.23. The second kappa shape index (κ2) is 5.74. The van der Waals surface area contributed by atoms with E-state index in [9.17, 15) is 8.42 Å². The normalized spacial score (nSPS) is 15.7. The monoisotopic (exact) mass is 296 g/mol. The van der Waals surface area contributed by atoms with Gasteiger partial charge in [-0.15, -0.1) is 0 Å². The Morgan fingerprint density at radius 3 is 2.20 bits per heavy atom. The summed E-state index contributed by atoms with van der Waals surface area (Å²) in [5.41, 5.74) is 2.57. The van der Waals surface area contributed by atoms with Crippen LogP contribution in [-0.4, -0.2) is 32.9 Å². The van der Waals surface area contributed by atoms with Gasteiger partial charge in [-0.2, -0.15) is 4.31 Å². The van der Waals surface area contributed by atoms with Crippen molar-refractivity contribution in [1.82, 2.24) is 4.31 Å². The average molecular weight is 296 g/mol. The minimum absolute atomic E-state index is 0.471. The van der Waals surface area contributed by atoms with Crippen molar-refractivity contribution >= 4 is 15.7 Å². The molecule has 1 fully saturated rings. The average Bonchev–Trinajstić information content (AvgIpc) is 3.18. The summed E-state index contributed by atoms with van der Waals surface area (Å²) in [6.45, 7) is 6.83. The van der Waals surface area contributed by atoms with Crippen molar-refractivity contribution in [2.75, 3.05) is 25.5 Å². The molecule has 0 bridgehead atoms. The molecule has 0 unspecified atom stereocenters. The smallest absolute Gasteiger partial charge is 0.243 e. The first-order valence-corrected chi connectivity index (χ1v) is 8.63. The number of anilines is 1. The third-order valence-corrected chi connectivity index (χ3v) is 6.11. The van der Waals surface area contributed by atoms with Crippen LogP contribution in [0, 0.1) is 19.8 Å². The van der Waals surface area contributed by atoms with Gasteiger partial charge in [-0.1, -0.05) is 6.92 Å². The third kappa shape index (κ3) is 2.99. The van der Waals surface area contributed by atoms with Crippen LogP contribution in [-0.2, 0) is 10.0 Å². The van der Waals surface area contributed by atoms with Gasteiger partial charge in [0.2, 0.25) is 10.0 Å². The molecule has 0 radical (unpaired) electrons. The highest BCUT2D eigenvalue weighted by Crippen LogP contribution is 2.33. The molecule has 2 rings (SSSR count). The fraction of sp³-hybridized carbons (Fsp3) is 0.600. The van der Waals surface area contributed by atoms with Gasteiger partial charge in [0, 0.05) is 25.8 Å². The molecule has 5 heteroatoms. The highest BCUT2D eigenvalue weighted by molar-refractivity contribution is 7.89. The van der Waals surface area contributed by atoms with Crippen molar-refractivity contribution in [2.45, 2.75) is 38.5 Å². The Bertz CT molecular complexity index is 569. The highest BCUT2D eigenvalue weighted by Gasteiger charge is 2.32. The molecule has 1 N–H and O–H groups in total. The number of benzene rings is 1. The van der Waals surface area contributed by atoms with Gasteiger partial charge in [-0.05, 0) is 55.9 Å². The van der Waals surface area contributed by atoms with Crippen LogP contribution in [0.15, 0.2) is 17.0 Å². The van der Waals surface area contributed by atoms with Crippen LogP contribution in [0.1, 0.15) is 30.9 Å². The maximum atomic E-state index is 12.9. The summed E-state index contributed by atoms with van der Waals surface area (Å²) in [5, 5.41) is 3.06. The first-order chi connectivity index (χ1) is 9.40. The first-order valence-electron chi connectivity index (χ1n) is 7.19. The lowest BCUT2D eigenvalue weighted by Crippen LogP contribution is -2.33. The van der Waals surface area contributed by atoms with Crippen molar-refractivity contribution < 1.29 is 8.42 Å². The first kappa shape index (κ1) is 15.3. The second-order valence-corrected chi connectivity index (χ2v) is 7.46. The van der Waals surface area contributed by atoms with Crippen LogP contribution >= 0.6 is 0 Å². The zero-order chi connectivity index (χ0) is 14.9. The molecule has 0 spiro atoms. The molecule has 0 saturated heterocycles. The Labute approximate surface area is 122 Å². The Balaban J connectivity index is 2.41. The largest absolute Gasteiger partial charge is 0.388 e. The van der Waals surface area contributed by atoms with E-state index in [1.807, 2.05) is 40.0 Å². The Hall–Kier alpha value is -1.07. The van der Waals surface area contributed by atoms with Gasteiger partial charge in [0.05, 0.1) is 4.90 Å². The summed E-state index contributed by atoms with van der Waals surface area (Å²) >= 11 is 0. The van der Waals surface area contributed by atoms with Gasteiger partial charge in [0.1, 0.15) is 0 Å². The van der Waals surface area contributed by atoms with E-state index in [0.717, 1.165) is 29.7 Å². The van der Waals surface area contributed by atoms with Gasteiger partial charge in [0.15, 0.2) is 0 Å². The zero-order valence-corrected chi connectivity index (χ0v) is 13.5. The molecule has 0 aliphatic heterocycles. The number of nitrogens with one attached hydrogen (secondary N) is 1. The predicted octanol–water partition coefficient (Wildman–Crippen LogP) is 2.77. The molecule has 1 aromatic carbocycles. The van der Waals surface area contributed by atoms with E-state index in [2.05, 4.69) is 5.32 Å². The summed E-state index contributed by atoms with van der Waals surface area (Å²) in [6.07, 6.45) is 2.31. The Kier molecular flexibility index (Phi) is 4.39. The van der Waals surface area contributed by atoms with Crippen LogP contribution in [0.4, 0.5) is 5.69 Å². The van der Waals surface area contributed by atoms with E-state index in [1.165, 1.54) is 0 Å². The number of nitrogens with zero attached hydrogens (tertiary/aromatic N) is 1. The molecular formula is C15H24N2O2S. The number of hydrogen-bond donors (Lipinski definition) is 1. The maximum Gasteiger partial charge on any atom is 0.243 e. The van der Waals surface area contributed by atoms with E-state index in [1.54, 1.807) is 4.31 Å². The number of aryl methyl sites for hydroxylation is 2. The number of hydrogen-bond acceptors (Lipinski definition) is 3. The molecule has 1 aromatic rings. The Morgan fingerprint density at radius 1 is 1.25 bits per heavy atom. The number of sulfonamides is 1. The summed E-state index contributed by atoms with van der Waals surface area (Å²) in [4.78, 5) is 0.471. The van der Waals surface area contributed by atoms with Gasteiger partial charge in [-0.25, -0.2) is 8.42 Å². The van der Waals surface area contributed by atoms with E-state index >= 15 is 0 Å². The highest BCUT2D eigenvalue weighted by atomic mass is 32.2. The van der Waals surface area contributed by atoms with Crippen LogP contribution < -0.4 is 5.32 Å². The lowest BCUT2D eigenvalue weighted by molar-refractivity contribution is 0.411. The minimum Gasteiger partial charge on any atom is -0.388 e. The van der Waals surface area contributed by atoms with Gasteiger partial charge in [0.25, 0.3) is 0 Å². The van der Waals surface area contributed by atoms with Crippen molar-refractivity contribution in [3.63, 3.8) is 0 Å². The molecule has 1 saturated carbocycles. The van der Waals surface area contributed by atoms with Crippen LogP contribution in [0.5, 0.6) is 0 Å². The second-order valence-electron chi connectivity index (χ2n) is 5.59. The molecule has 1 aliphatic carbocycles. The Morgan fingerprint density at radius 2 is 1.80 bits per heavy atom. The summed E-state index contributed by atoms with van der Waals surface area (Å²) in [7, 11) is -1.55. The van der Waals surface area contributed by atoms with Crippen LogP contribution in [0.3, 0.4) is 0 Å². The lowest BCUT2D eigenvalue weighted by atomic mass is 10.1. The fourth-order valence-electron chi connectivity index (χ4n) is 2.62. The standard InChI is InChI=1S/C15H24N2O2S/c1-5-17(10-13-6-7-13)20(18,19)15-11(2)8-14(16-4)9-12(15)3/h8-9,13,16H,5-7,10H2,1-4H3. The fourth-order valence-corrected chi connectivity index (χ4v) is 4.55. The molecule has 112 valence electrons. The van der Waals surface area contributed by atoms with Crippen LogP contribution in [0.25, 0.3) is 0 Å². The molecule has 0 amide bonds. The molecule has 0 heterocycles. The van der Waals surface area contributed by atoms with Crippen LogP contribution in [0.2, 0.25) is 0 Å². The topological polar surface area (TPSA) is 49.4 Å². The van der Waals surface area contributed by atoms with Gasteiger partial charge >= 0.3 is 0 Å². The quantitative estimate of drug-likeness (QED) is 0.878. The SMILES string of the molecule is CCN(CC1CC1)S(=O)(=O)c1c(C)cc(NC)cc1C. The van der Waals surface area contributed by atoms with E-state index < -0.39 is 10.0 Å². The molecule has 4 nitrogen and oxygen atoms in total. The van der Waals surface area contributed by atoms with Crippen molar-refractivity contribution in [3.05, 3.63) is 23.3 Å². The molecular weight excluding hydrogens is 272 g/mol. The summed E-state index contributed by atoms with van der Waals surface area (Å²) < 4.78 is 27.4. The molecule has 0 aromatic heterocycles. The summed E-state index contributed by atoms with van der Waals surface area (Å²) in [5.74, 6) is 0.557. The van der Waals surface area contributed by atoms with E-state index in [-0.39, 0.29) is 0 Å². The zero-order valence-electron chi connectivity index (χ0n) is 12.7. The van der Waals surface area contributed by atoms with Gasteiger partial charge in [-0.3, -0.25) is 0 Å². The van der Waals surface area contributed by atoms with E-state index in [0.29, 0.717) is 23.9 Å². The van der Waals surface area contributed by atoms with Gasteiger partial charge < -0.3 is 5.32 Å². The molecule has 0 atom stereocenters. The van der Waals surface area contributed by atoms with Crippen molar-refractivity contribution in [1.29, 1.82) is 0 Å². The minimum atomic E-state index is -3.39. The van der Waals surface area contributed by atoms with Crippen molar-refractivity contribution in [2.24, 2.45) is 5.92 Å². The third-order valence-electron chi connectivity index (χ3n) is 3.86. The molecule has 1 aliphatic rings. The van der Waals surface area contributed by atoms with E-state index in [4.69, 9.17) is 0 Å². The number of rotatable bonds is 6. The maximum absolute atomic E-state index is 12.9. The predicted molar refractivity (Wildman–Crippen MR) is 82.6 cm³/mol. The summed E-state index contributed by atoms with van der Waals surface area (Å²) in [6, 6.07) is 3.79.